The van der Waals surface area contributed by atoms with Gasteiger partial charge in [0, 0.05) is 23.7 Å². The SMILES string of the molecule is COc1ccc(NC(C)=O)cc1NC(=O)c1cc(C)nc2ccc(C)cc12. The summed E-state index contributed by atoms with van der Waals surface area (Å²) in [5, 5.41) is 6.37. The van der Waals surface area contributed by atoms with Crippen LogP contribution in [0.1, 0.15) is 28.5 Å². The molecule has 0 aliphatic rings. The van der Waals surface area contributed by atoms with E-state index in [-0.39, 0.29) is 11.8 Å². The minimum absolute atomic E-state index is 0.191. The van der Waals surface area contributed by atoms with Gasteiger partial charge in [-0.2, -0.15) is 0 Å². The van der Waals surface area contributed by atoms with Crippen molar-refractivity contribution in [3.05, 3.63) is 59.3 Å². The summed E-state index contributed by atoms with van der Waals surface area (Å²) in [6.45, 7) is 5.26. The van der Waals surface area contributed by atoms with Gasteiger partial charge in [-0.3, -0.25) is 14.6 Å². The summed E-state index contributed by atoms with van der Waals surface area (Å²) < 4.78 is 5.33. The summed E-state index contributed by atoms with van der Waals surface area (Å²) in [6, 6.07) is 12.7. The highest BCUT2D eigenvalue weighted by Crippen LogP contribution is 2.29. The van der Waals surface area contributed by atoms with Gasteiger partial charge in [-0.25, -0.2) is 0 Å². The van der Waals surface area contributed by atoms with Crippen molar-refractivity contribution < 1.29 is 14.3 Å². The van der Waals surface area contributed by atoms with Gasteiger partial charge in [0.2, 0.25) is 5.91 Å². The summed E-state index contributed by atoms with van der Waals surface area (Å²) in [4.78, 5) is 28.8. The number of hydrogen-bond acceptors (Lipinski definition) is 4. The first-order valence-corrected chi connectivity index (χ1v) is 8.52. The molecule has 6 nitrogen and oxygen atoms in total. The van der Waals surface area contributed by atoms with Gasteiger partial charge in [-0.15, -0.1) is 0 Å². The molecule has 0 aliphatic carbocycles. The van der Waals surface area contributed by atoms with Crippen LogP contribution in [0.2, 0.25) is 0 Å². The van der Waals surface area contributed by atoms with Gasteiger partial charge in [-0.1, -0.05) is 11.6 Å². The number of rotatable bonds is 4. The molecule has 0 unspecified atom stereocenters. The molecule has 0 atom stereocenters. The maximum Gasteiger partial charge on any atom is 0.256 e. The molecule has 0 saturated heterocycles. The number of amides is 2. The highest BCUT2D eigenvalue weighted by molar-refractivity contribution is 6.13. The number of hydrogen-bond donors (Lipinski definition) is 2. The molecular formula is C21H21N3O3. The van der Waals surface area contributed by atoms with E-state index in [9.17, 15) is 9.59 Å². The Bertz CT molecular complexity index is 1040. The molecule has 3 rings (SSSR count). The lowest BCUT2D eigenvalue weighted by atomic mass is 10.0. The Labute approximate surface area is 157 Å². The fraction of sp³-hybridized carbons (Fsp3) is 0.190. The molecule has 0 radical (unpaired) electrons. The minimum Gasteiger partial charge on any atom is -0.495 e. The van der Waals surface area contributed by atoms with E-state index in [1.165, 1.54) is 14.0 Å². The zero-order chi connectivity index (χ0) is 19.6. The quantitative estimate of drug-likeness (QED) is 0.732. The average Bonchev–Trinajstić information content (AvgIpc) is 2.61. The molecular weight excluding hydrogens is 342 g/mol. The second kappa shape index (κ2) is 7.45. The van der Waals surface area contributed by atoms with E-state index in [0.29, 0.717) is 22.7 Å². The van der Waals surface area contributed by atoms with Crippen molar-refractivity contribution in [3.63, 3.8) is 0 Å². The second-order valence-corrected chi connectivity index (χ2v) is 6.38. The Balaban J connectivity index is 2.02. The number of pyridine rings is 1. The fourth-order valence-corrected chi connectivity index (χ4v) is 2.94. The van der Waals surface area contributed by atoms with Gasteiger partial charge in [0.15, 0.2) is 0 Å². The van der Waals surface area contributed by atoms with E-state index < -0.39 is 0 Å². The van der Waals surface area contributed by atoms with Crippen LogP contribution in [0.5, 0.6) is 5.75 Å². The molecule has 1 aromatic heterocycles. The van der Waals surface area contributed by atoms with Gasteiger partial charge >= 0.3 is 0 Å². The molecule has 0 saturated carbocycles. The summed E-state index contributed by atoms with van der Waals surface area (Å²) in [6.07, 6.45) is 0. The van der Waals surface area contributed by atoms with Crippen molar-refractivity contribution in [2.75, 3.05) is 17.7 Å². The number of aromatic nitrogens is 1. The van der Waals surface area contributed by atoms with Crippen LogP contribution in [0, 0.1) is 13.8 Å². The highest BCUT2D eigenvalue weighted by atomic mass is 16.5. The van der Waals surface area contributed by atoms with Gasteiger partial charge in [-0.05, 0) is 50.2 Å². The number of aryl methyl sites for hydroxylation is 2. The second-order valence-electron chi connectivity index (χ2n) is 6.38. The van der Waals surface area contributed by atoms with Gasteiger partial charge in [0.25, 0.3) is 5.91 Å². The van der Waals surface area contributed by atoms with Crippen LogP contribution in [-0.4, -0.2) is 23.9 Å². The lowest BCUT2D eigenvalue weighted by molar-refractivity contribution is -0.114. The summed E-state index contributed by atoms with van der Waals surface area (Å²) in [7, 11) is 1.53. The molecule has 6 heteroatoms. The van der Waals surface area contributed by atoms with Crippen molar-refractivity contribution in [1.29, 1.82) is 0 Å². The maximum atomic E-state index is 13.0. The Morgan fingerprint density at radius 2 is 1.78 bits per heavy atom. The minimum atomic E-state index is -0.269. The predicted octanol–water partition coefficient (Wildman–Crippen LogP) is 4.07. The van der Waals surface area contributed by atoms with E-state index in [4.69, 9.17) is 4.74 Å². The van der Waals surface area contributed by atoms with E-state index in [2.05, 4.69) is 15.6 Å². The Morgan fingerprint density at radius 3 is 2.48 bits per heavy atom. The summed E-state index contributed by atoms with van der Waals surface area (Å²) in [5.41, 5.74) is 4.16. The van der Waals surface area contributed by atoms with Crippen molar-refractivity contribution in [2.24, 2.45) is 0 Å². The van der Waals surface area contributed by atoms with E-state index >= 15 is 0 Å². The lowest BCUT2D eigenvalue weighted by Gasteiger charge is -2.14. The molecule has 2 amide bonds. The summed E-state index contributed by atoms with van der Waals surface area (Å²) >= 11 is 0. The third-order valence-corrected chi connectivity index (χ3v) is 4.10. The lowest BCUT2D eigenvalue weighted by Crippen LogP contribution is -2.14. The molecule has 0 aliphatic heterocycles. The van der Waals surface area contributed by atoms with Crippen molar-refractivity contribution in [3.8, 4) is 5.75 Å². The van der Waals surface area contributed by atoms with E-state index in [0.717, 1.165) is 22.2 Å². The fourth-order valence-electron chi connectivity index (χ4n) is 2.94. The average molecular weight is 363 g/mol. The Kier molecular flexibility index (Phi) is 5.07. The van der Waals surface area contributed by atoms with Crippen LogP contribution >= 0.6 is 0 Å². The highest BCUT2D eigenvalue weighted by Gasteiger charge is 2.15. The molecule has 1 heterocycles. The number of nitrogens with zero attached hydrogens (tertiary/aromatic N) is 1. The van der Waals surface area contributed by atoms with Crippen LogP contribution in [0.25, 0.3) is 10.9 Å². The zero-order valence-electron chi connectivity index (χ0n) is 15.7. The van der Waals surface area contributed by atoms with Crippen molar-refractivity contribution in [2.45, 2.75) is 20.8 Å². The molecule has 3 aromatic rings. The van der Waals surface area contributed by atoms with Crippen LogP contribution in [-0.2, 0) is 4.79 Å². The molecule has 0 fully saturated rings. The largest absolute Gasteiger partial charge is 0.495 e. The Morgan fingerprint density at radius 1 is 1.00 bits per heavy atom. The van der Waals surface area contributed by atoms with Gasteiger partial charge < -0.3 is 15.4 Å². The predicted molar refractivity (Wildman–Crippen MR) is 106 cm³/mol. The first-order chi connectivity index (χ1) is 12.9. The maximum absolute atomic E-state index is 13.0. The molecule has 27 heavy (non-hydrogen) atoms. The zero-order valence-corrected chi connectivity index (χ0v) is 15.7. The van der Waals surface area contributed by atoms with Crippen molar-refractivity contribution >= 4 is 34.1 Å². The first-order valence-electron chi connectivity index (χ1n) is 8.52. The van der Waals surface area contributed by atoms with Crippen LogP contribution < -0.4 is 15.4 Å². The number of carbonyl (C=O) groups excluding carboxylic acids is 2. The van der Waals surface area contributed by atoms with Crippen molar-refractivity contribution in [1.82, 2.24) is 4.98 Å². The number of fused-ring (bicyclic) bond motifs is 1. The van der Waals surface area contributed by atoms with E-state index in [1.807, 2.05) is 32.0 Å². The third-order valence-electron chi connectivity index (χ3n) is 4.10. The number of nitrogens with one attached hydrogen (secondary N) is 2. The number of benzene rings is 2. The van der Waals surface area contributed by atoms with Gasteiger partial charge in [0.1, 0.15) is 5.75 Å². The molecule has 2 N–H and O–H groups in total. The van der Waals surface area contributed by atoms with Crippen LogP contribution in [0.4, 0.5) is 11.4 Å². The summed E-state index contributed by atoms with van der Waals surface area (Å²) in [5.74, 6) is 0.0433. The first kappa shape index (κ1) is 18.4. The number of ether oxygens (including phenoxy) is 1. The molecule has 2 aromatic carbocycles. The third kappa shape index (κ3) is 4.06. The number of methoxy groups -OCH3 is 1. The normalized spacial score (nSPS) is 10.5. The van der Waals surface area contributed by atoms with Gasteiger partial charge in [0.05, 0.1) is 23.9 Å². The molecule has 138 valence electrons. The topological polar surface area (TPSA) is 80.3 Å². The number of anilines is 2. The Hall–Kier alpha value is -3.41. The van der Waals surface area contributed by atoms with Crippen LogP contribution in [0.15, 0.2) is 42.5 Å². The molecule has 0 bridgehead atoms. The van der Waals surface area contributed by atoms with E-state index in [1.54, 1.807) is 24.3 Å². The standard InChI is InChI=1S/C21H21N3O3/c1-12-5-7-18-16(9-12)17(10-13(2)22-18)21(26)24-19-11-15(23-14(3)25)6-8-20(19)27-4/h5-11H,1-4H3,(H,23,25)(H,24,26). The monoisotopic (exact) mass is 363 g/mol. The smallest absolute Gasteiger partial charge is 0.256 e. The molecule has 0 spiro atoms. The number of carbonyl (C=O) groups is 2. The van der Waals surface area contributed by atoms with Crippen LogP contribution in [0.3, 0.4) is 0 Å².